The zero-order valence-electron chi connectivity index (χ0n) is 10.8. The molecule has 2 N–H and O–H groups in total. The Kier molecular flexibility index (Phi) is 3.76. The van der Waals surface area contributed by atoms with Crippen molar-refractivity contribution < 1.29 is 14.3 Å². The molecule has 8 heteroatoms. The summed E-state index contributed by atoms with van der Waals surface area (Å²) >= 11 is 9.35. The zero-order chi connectivity index (χ0) is 15.9. The van der Waals surface area contributed by atoms with Gasteiger partial charge in [0, 0.05) is 23.1 Å². The first-order valence-corrected chi connectivity index (χ1v) is 7.25. The molecule has 0 bridgehead atoms. The highest BCUT2D eigenvalue weighted by atomic mass is 79.9. The fraction of sp³-hybridized carbons (Fsp3) is 0. The summed E-state index contributed by atoms with van der Waals surface area (Å²) in [7, 11) is 0. The number of carbonyl (C=O) groups is 1. The average Bonchev–Trinajstić information content (AvgIpc) is 2.92. The van der Waals surface area contributed by atoms with E-state index in [1.807, 2.05) is 0 Å². The van der Waals surface area contributed by atoms with Gasteiger partial charge in [-0.2, -0.15) is 0 Å². The predicted octanol–water partition coefficient (Wildman–Crippen LogP) is 4.33. The number of nitrogens with one attached hydrogen (secondary N) is 1. The fourth-order valence-electron chi connectivity index (χ4n) is 2.03. The Morgan fingerprint density at radius 3 is 2.91 bits per heavy atom. The van der Waals surface area contributed by atoms with E-state index in [0.717, 1.165) is 4.47 Å². The lowest BCUT2D eigenvalue weighted by atomic mass is 10.2. The summed E-state index contributed by atoms with van der Waals surface area (Å²) < 4.78 is 16.6. The van der Waals surface area contributed by atoms with Crippen LogP contribution < -0.4 is 5.32 Å². The summed E-state index contributed by atoms with van der Waals surface area (Å²) in [5, 5.41) is 12.4. The average molecular weight is 385 g/mol. The molecule has 0 atom stereocenters. The van der Waals surface area contributed by atoms with Gasteiger partial charge < -0.3 is 14.8 Å². The van der Waals surface area contributed by atoms with Gasteiger partial charge in [-0.3, -0.25) is 0 Å². The quantitative estimate of drug-likeness (QED) is 0.705. The van der Waals surface area contributed by atoms with Gasteiger partial charge in [-0.25, -0.2) is 14.2 Å². The van der Waals surface area contributed by atoms with Crippen LogP contribution in [0.3, 0.4) is 0 Å². The first kappa shape index (κ1) is 14.8. The molecule has 0 saturated carbocycles. The van der Waals surface area contributed by atoms with E-state index in [1.165, 1.54) is 23.0 Å². The monoisotopic (exact) mass is 383 g/mol. The molecule has 0 aliphatic carbocycles. The van der Waals surface area contributed by atoms with Crippen molar-refractivity contribution in [3.63, 3.8) is 0 Å². The second-order valence-electron chi connectivity index (χ2n) is 4.44. The first-order valence-electron chi connectivity index (χ1n) is 6.08. The first-order chi connectivity index (χ1) is 10.5. The minimum Gasteiger partial charge on any atom is -0.478 e. The summed E-state index contributed by atoms with van der Waals surface area (Å²) in [6, 6.07) is 4.95. The molecule has 0 spiro atoms. The Morgan fingerprint density at radius 1 is 1.45 bits per heavy atom. The molecule has 0 radical (unpaired) electrons. The van der Waals surface area contributed by atoms with E-state index in [0.29, 0.717) is 10.7 Å². The van der Waals surface area contributed by atoms with Crippen molar-refractivity contribution in [2.24, 2.45) is 0 Å². The number of pyridine rings is 1. The fourth-order valence-corrected chi connectivity index (χ4v) is 2.75. The number of nitrogens with zero attached hydrogens (tertiary/aromatic N) is 2. The van der Waals surface area contributed by atoms with Gasteiger partial charge in [-0.15, -0.1) is 0 Å². The summed E-state index contributed by atoms with van der Waals surface area (Å²) in [5.41, 5.74) is 0.0142. The van der Waals surface area contributed by atoms with Crippen molar-refractivity contribution in [3.05, 3.63) is 57.7 Å². The maximum absolute atomic E-state index is 14.6. The van der Waals surface area contributed by atoms with Gasteiger partial charge in [0.15, 0.2) is 11.5 Å². The van der Waals surface area contributed by atoms with Crippen LogP contribution in [-0.2, 0) is 0 Å². The molecule has 0 unspecified atom stereocenters. The summed E-state index contributed by atoms with van der Waals surface area (Å²) in [5.74, 6) is -2.02. The van der Waals surface area contributed by atoms with E-state index in [4.69, 9.17) is 11.6 Å². The normalized spacial score (nSPS) is 10.9. The molecule has 1 aromatic carbocycles. The third kappa shape index (κ3) is 2.53. The summed E-state index contributed by atoms with van der Waals surface area (Å²) in [6.07, 6.45) is 4.16. The van der Waals surface area contributed by atoms with E-state index in [1.54, 1.807) is 18.2 Å². The minimum absolute atomic E-state index is 0.0285. The van der Waals surface area contributed by atoms with Gasteiger partial charge >= 0.3 is 5.97 Å². The topological polar surface area (TPSA) is 66.6 Å². The number of imidazole rings is 1. The number of halogens is 3. The number of aromatic nitrogens is 2. The largest absolute Gasteiger partial charge is 0.478 e. The van der Waals surface area contributed by atoms with E-state index in [-0.39, 0.29) is 16.9 Å². The molecule has 2 aromatic heterocycles. The van der Waals surface area contributed by atoms with Gasteiger partial charge in [-0.05, 0) is 18.2 Å². The van der Waals surface area contributed by atoms with Gasteiger partial charge in [0.2, 0.25) is 0 Å². The lowest BCUT2D eigenvalue weighted by Crippen LogP contribution is -2.08. The van der Waals surface area contributed by atoms with E-state index in [9.17, 15) is 14.3 Å². The van der Waals surface area contributed by atoms with Crippen LogP contribution in [0.1, 0.15) is 10.4 Å². The third-order valence-electron chi connectivity index (χ3n) is 3.04. The van der Waals surface area contributed by atoms with Crippen LogP contribution in [0.5, 0.6) is 0 Å². The number of fused-ring (bicyclic) bond motifs is 1. The van der Waals surface area contributed by atoms with Crippen LogP contribution >= 0.6 is 27.5 Å². The van der Waals surface area contributed by atoms with Crippen molar-refractivity contribution >= 4 is 50.5 Å². The van der Waals surface area contributed by atoms with Crippen LogP contribution in [0.4, 0.5) is 15.8 Å². The molecule has 0 aliphatic heterocycles. The summed E-state index contributed by atoms with van der Waals surface area (Å²) in [6.45, 7) is 0. The van der Waals surface area contributed by atoms with Crippen LogP contribution in [-0.4, -0.2) is 20.5 Å². The van der Waals surface area contributed by atoms with Crippen LogP contribution in [0.15, 0.2) is 41.3 Å². The molecular formula is C14H8BrClFN3O2. The summed E-state index contributed by atoms with van der Waals surface area (Å²) in [4.78, 5) is 15.3. The number of benzene rings is 1. The molecule has 3 rings (SSSR count). The molecule has 0 fully saturated rings. The SMILES string of the molecule is O=C(O)c1cn2ccnc2c(F)c1Nc1ccc(Br)cc1Cl. The number of aromatic carboxylic acids is 1. The number of hydrogen-bond donors (Lipinski definition) is 2. The minimum atomic E-state index is -1.26. The Balaban J connectivity index is 2.18. The van der Waals surface area contributed by atoms with Crippen molar-refractivity contribution in [1.82, 2.24) is 9.38 Å². The third-order valence-corrected chi connectivity index (χ3v) is 3.85. The van der Waals surface area contributed by atoms with Crippen LogP contribution in [0, 0.1) is 5.82 Å². The molecule has 3 aromatic rings. The lowest BCUT2D eigenvalue weighted by molar-refractivity contribution is 0.0697. The molecule has 0 aliphatic rings. The number of carboxylic acids is 1. The van der Waals surface area contributed by atoms with E-state index < -0.39 is 11.8 Å². The van der Waals surface area contributed by atoms with Crippen molar-refractivity contribution in [2.45, 2.75) is 0 Å². The van der Waals surface area contributed by atoms with Crippen LogP contribution in [0.25, 0.3) is 5.65 Å². The van der Waals surface area contributed by atoms with Gasteiger partial charge in [-0.1, -0.05) is 27.5 Å². The maximum atomic E-state index is 14.6. The number of hydrogen-bond acceptors (Lipinski definition) is 3. The van der Waals surface area contributed by atoms with Crippen molar-refractivity contribution in [1.29, 1.82) is 0 Å². The highest BCUT2D eigenvalue weighted by Crippen LogP contribution is 2.32. The Bertz CT molecular complexity index is 897. The van der Waals surface area contributed by atoms with Gasteiger partial charge in [0.05, 0.1) is 16.4 Å². The standard InChI is InChI=1S/C14H8BrClFN3O2/c15-7-1-2-10(9(16)5-7)19-12-8(14(21)22)6-20-4-3-18-13(20)11(12)17/h1-6,19H,(H,21,22). The van der Waals surface area contributed by atoms with Crippen molar-refractivity contribution in [2.75, 3.05) is 5.32 Å². The van der Waals surface area contributed by atoms with Gasteiger partial charge in [0.1, 0.15) is 5.56 Å². The predicted molar refractivity (Wildman–Crippen MR) is 84.5 cm³/mol. The highest BCUT2D eigenvalue weighted by Gasteiger charge is 2.20. The maximum Gasteiger partial charge on any atom is 0.339 e. The molecule has 5 nitrogen and oxygen atoms in total. The second-order valence-corrected chi connectivity index (χ2v) is 5.77. The lowest BCUT2D eigenvalue weighted by Gasteiger charge is -2.13. The van der Waals surface area contributed by atoms with E-state index in [2.05, 4.69) is 26.2 Å². The highest BCUT2D eigenvalue weighted by molar-refractivity contribution is 9.10. The van der Waals surface area contributed by atoms with Crippen molar-refractivity contribution in [3.8, 4) is 0 Å². The Labute approximate surface area is 137 Å². The second kappa shape index (κ2) is 5.58. The van der Waals surface area contributed by atoms with Crippen LogP contribution in [0.2, 0.25) is 5.02 Å². The molecule has 2 heterocycles. The zero-order valence-corrected chi connectivity index (χ0v) is 13.2. The molecular weight excluding hydrogens is 377 g/mol. The Hall–Kier alpha value is -2.12. The number of carboxylic acid groups (broad SMARTS) is 1. The van der Waals surface area contributed by atoms with Gasteiger partial charge in [0.25, 0.3) is 0 Å². The van der Waals surface area contributed by atoms with E-state index >= 15 is 0 Å². The molecule has 0 amide bonds. The Morgan fingerprint density at radius 2 is 2.23 bits per heavy atom. The number of anilines is 2. The smallest absolute Gasteiger partial charge is 0.339 e. The number of rotatable bonds is 3. The molecule has 0 saturated heterocycles. The molecule has 22 heavy (non-hydrogen) atoms. The molecule has 112 valence electrons.